The molecule has 1 fully saturated rings. The average Bonchev–Trinajstić information content (AvgIpc) is 3.36. The van der Waals surface area contributed by atoms with Crippen LogP contribution in [0.25, 0.3) is 0 Å². The number of likely N-dealkylation sites (tertiary alicyclic amines) is 1. The molecule has 0 saturated carbocycles. The Morgan fingerprint density at radius 2 is 2.03 bits per heavy atom. The van der Waals surface area contributed by atoms with E-state index in [9.17, 15) is 24.0 Å². The Labute approximate surface area is 208 Å². The molecular formula is C26H26ClFN4O3. The van der Waals surface area contributed by atoms with Gasteiger partial charge < -0.3 is 15.1 Å². The van der Waals surface area contributed by atoms with E-state index in [1.165, 1.54) is 22.9 Å². The predicted octanol–water partition coefficient (Wildman–Crippen LogP) is 3.98. The first kappa shape index (κ1) is 24.7. The van der Waals surface area contributed by atoms with Gasteiger partial charge in [-0.1, -0.05) is 43.6 Å². The molecule has 2 aliphatic heterocycles. The maximum absolute atomic E-state index is 13.9. The van der Waals surface area contributed by atoms with Gasteiger partial charge in [0.1, 0.15) is 17.9 Å². The van der Waals surface area contributed by atoms with Gasteiger partial charge in [0.2, 0.25) is 11.8 Å². The first-order valence-electron chi connectivity index (χ1n) is 11.4. The van der Waals surface area contributed by atoms with Crippen molar-refractivity contribution in [2.75, 3.05) is 18.9 Å². The summed E-state index contributed by atoms with van der Waals surface area (Å²) in [6.45, 7) is 3.87. The number of amides is 3. The zero-order valence-corrected chi connectivity index (χ0v) is 20.5. The SMILES string of the molecule is CC(C)C[C@@H](C(=O)N1C[C@]2(C[C@H]1C#N)C(=O)Nc1ccccc12)N(C)C(=O)c1cc(F)ccc1Cl. The molecule has 0 aliphatic carbocycles. The Morgan fingerprint density at radius 1 is 1.31 bits per heavy atom. The molecule has 0 unspecified atom stereocenters. The van der Waals surface area contributed by atoms with Crippen molar-refractivity contribution in [2.24, 2.45) is 5.92 Å². The Hall–Kier alpha value is -3.44. The van der Waals surface area contributed by atoms with Crippen molar-refractivity contribution in [3.63, 3.8) is 0 Å². The quantitative estimate of drug-likeness (QED) is 0.677. The van der Waals surface area contributed by atoms with Crippen LogP contribution in [0.4, 0.5) is 10.1 Å². The van der Waals surface area contributed by atoms with Crippen LogP contribution < -0.4 is 5.32 Å². The zero-order chi connectivity index (χ0) is 25.5. The largest absolute Gasteiger partial charge is 0.330 e. The van der Waals surface area contributed by atoms with Crippen LogP contribution >= 0.6 is 11.6 Å². The number of halogens is 2. The van der Waals surface area contributed by atoms with E-state index in [4.69, 9.17) is 11.6 Å². The fraction of sp³-hybridized carbons (Fsp3) is 0.385. The fourth-order valence-corrected chi connectivity index (χ4v) is 5.24. The van der Waals surface area contributed by atoms with E-state index < -0.39 is 35.1 Å². The van der Waals surface area contributed by atoms with Crippen molar-refractivity contribution < 1.29 is 18.8 Å². The van der Waals surface area contributed by atoms with Crippen LogP contribution in [0, 0.1) is 23.1 Å². The van der Waals surface area contributed by atoms with Crippen LogP contribution in [-0.4, -0.2) is 53.2 Å². The normalized spacial score (nSPS) is 21.6. The number of hydrogen-bond acceptors (Lipinski definition) is 4. The third-order valence-corrected chi connectivity index (χ3v) is 7.17. The number of nitrogens with one attached hydrogen (secondary N) is 1. The number of anilines is 1. The molecular weight excluding hydrogens is 471 g/mol. The number of nitriles is 1. The van der Waals surface area contributed by atoms with Gasteiger partial charge in [-0.05, 0) is 42.2 Å². The van der Waals surface area contributed by atoms with E-state index in [0.717, 1.165) is 17.7 Å². The van der Waals surface area contributed by atoms with E-state index >= 15 is 0 Å². The van der Waals surface area contributed by atoms with Gasteiger partial charge in [-0.3, -0.25) is 14.4 Å². The van der Waals surface area contributed by atoms with Crippen molar-refractivity contribution in [2.45, 2.75) is 44.2 Å². The second-order valence-corrected chi connectivity index (χ2v) is 9.99. The molecule has 1 saturated heterocycles. The Morgan fingerprint density at radius 3 is 2.71 bits per heavy atom. The van der Waals surface area contributed by atoms with Crippen LogP contribution in [-0.2, 0) is 15.0 Å². The summed E-state index contributed by atoms with van der Waals surface area (Å²) in [7, 11) is 1.47. The number of likely N-dealkylation sites (N-methyl/N-ethyl adjacent to an activating group) is 1. The molecule has 1 spiro atoms. The maximum atomic E-state index is 13.9. The molecule has 182 valence electrons. The number of fused-ring (bicyclic) bond motifs is 2. The Balaban J connectivity index is 1.67. The number of hydrogen-bond donors (Lipinski definition) is 1. The van der Waals surface area contributed by atoms with E-state index in [1.54, 1.807) is 6.07 Å². The summed E-state index contributed by atoms with van der Waals surface area (Å²) in [4.78, 5) is 42.9. The molecule has 3 amide bonds. The lowest BCUT2D eigenvalue weighted by atomic mass is 9.80. The van der Waals surface area contributed by atoms with Gasteiger partial charge in [0.05, 0.1) is 22.1 Å². The molecule has 2 heterocycles. The molecule has 2 aliphatic rings. The van der Waals surface area contributed by atoms with Gasteiger partial charge in [-0.15, -0.1) is 0 Å². The highest BCUT2D eigenvalue weighted by atomic mass is 35.5. The molecule has 9 heteroatoms. The molecule has 7 nitrogen and oxygen atoms in total. The highest BCUT2D eigenvalue weighted by molar-refractivity contribution is 6.33. The molecule has 1 N–H and O–H groups in total. The molecule has 4 rings (SSSR count). The van der Waals surface area contributed by atoms with E-state index in [1.807, 2.05) is 32.0 Å². The minimum Gasteiger partial charge on any atom is -0.330 e. The number of carbonyl (C=O) groups excluding carboxylic acids is 3. The Bertz CT molecular complexity index is 1240. The van der Waals surface area contributed by atoms with Crippen LogP contribution in [0.3, 0.4) is 0 Å². The van der Waals surface area contributed by atoms with Gasteiger partial charge >= 0.3 is 0 Å². The zero-order valence-electron chi connectivity index (χ0n) is 19.7. The summed E-state index contributed by atoms with van der Waals surface area (Å²) in [6, 6.07) is 11.2. The van der Waals surface area contributed by atoms with E-state index in [0.29, 0.717) is 12.1 Å². The minimum atomic E-state index is -1.02. The lowest BCUT2D eigenvalue weighted by Gasteiger charge is -2.33. The Kier molecular flexibility index (Phi) is 6.56. The topological polar surface area (TPSA) is 93.5 Å². The first-order valence-corrected chi connectivity index (χ1v) is 11.8. The summed E-state index contributed by atoms with van der Waals surface area (Å²) in [5.74, 6) is -1.85. The smallest absolute Gasteiger partial charge is 0.255 e. The van der Waals surface area contributed by atoms with Gasteiger partial charge in [0, 0.05) is 25.7 Å². The van der Waals surface area contributed by atoms with Gasteiger partial charge in [0.15, 0.2) is 0 Å². The number of benzene rings is 2. The molecule has 35 heavy (non-hydrogen) atoms. The third kappa shape index (κ3) is 4.25. The average molecular weight is 497 g/mol. The van der Waals surface area contributed by atoms with Gasteiger partial charge in [0.25, 0.3) is 5.91 Å². The number of carbonyl (C=O) groups is 3. The lowest BCUT2D eigenvalue weighted by molar-refractivity contribution is -0.136. The van der Waals surface area contributed by atoms with Crippen molar-refractivity contribution in [3.05, 3.63) is 64.4 Å². The highest BCUT2D eigenvalue weighted by Crippen LogP contribution is 2.46. The van der Waals surface area contributed by atoms with E-state index in [-0.39, 0.29) is 35.4 Å². The van der Waals surface area contributed by atoms with Crippen molar-refractivity contribution in [3.8, 4) is 6.07 Å². The second kappa shape index (κ2) is 9.31. The van der Waals surface area contributed by atoms with Crippen molar-refractivity contribution in [1.29, 1.82) is 5.26 Å². The summed E-state index contributed by atoms with van der Waals surface area (Å²) in [6.07, 6.45) is 0.484. The molecule has 2 aromatic carbocycles. The third-order valence-electron chi connectivity index (χ3n) is 6.84. The maximum Gasteiger partial charge on any atom is 0.255 e. The number of para-hydroxylation sites is 1. The molecule has 2 aromatic rings. The monoisotopic (exact) mass is 496 g/mol. The van der Waals surface area contributed by atoms with Crippen molar-refractivity contribution in [1.82, 2.24) is 9.80 Å². The molecule has 0 aromatic heterocycles. The summed E-state index contributed by atoms with van der Waals surface area (Å²) >= 11 is 6.15. The predicted molar refractivity (Wildman–Crippen MR) is 129 cm³/mol. The number of rotatable bonds is 5. The fourth-order valence-electron chi connectivity index (χ4n) is 5.04. The second-order valence-electron chi connectivity index (χ2n) is 9.58. The van der Waals surface area contributed by atoms with Crippen molar-refractivity contribution >= 4 is 35.0 Å². The van der Waals surface area contributed by atoms with Crippen LogP contribution in [0.2, 0.25) is 5.02 Å². The molecule has 0 bridgehead atoms. The number of nitrogens with zero attached hydrogens (tertiary/aromatic N) is 3. The first-order chi connectivity index (χ1) is 16.6. The molecule has 0 radical (unpaired) electrons. The van der Waals surface area contributed by atoms with Gasteiger partial charge in [-0.25, -0.2) is 4.39 Å². The molecule has 3 atom stereocenters. The summed E-state index contributed by atoms with van der Waals surface area (Å²) in [5, 5.41) is 12.9. The van der Waals surface area contributed by atoms with Crippen LogP contribution in [0.1, 0.15) is 42.6 Å². The van der Waals surface area contributed by atoms with Crippen LogP contribution in [0.15, 0.2) is 42.5 Å². The highest BCUT2D eigenvalue weighted by Gasteiger charge is 2.56. The summed E-state index contributed by atoms with van der Waals surface area (Å²) < 4.78 is 13.8. The standard InChI is InChI=1S/C26H26ClFN4O3/c1-15(2)10-22(31(3)23(33)18-11-16(28)8-9-20(18)27)24(34)32-14-26(12-17(32)13-29)19-6-4-5-7-21(19)30-25(26)35/h4-9,11,15,17,22H,10,12,14H2,1-3H3,(H,30,35)/t17-,22-,26-/m0/s1. The minimum absolute atomic E-state index is 0.0320. The van der Waals surface area contributed by atoms with Gasteiger partial charge in [-0.2, -0.15) is 5.26 Å². The van der Waals surface area contributed by atoms with E-state index in [2.05, 4.69) is 11.4 Å². The summed E-state index contributed by atoms with van der Waals surface area (Å²) in [5.41, 5.74) is 0.366. The lowest BCUT2D eigenvalue weighted by Crippen LogP contribution is -2.52. The van der Waals surface area contributed by atoms with Crippen LogP contribution in [0.5, 0.6) is 0 Å².